The molecule has 1 heterocycles. The van der Waals surface area contributed by atoms with Crippen molar-refractivity contribution >= 4 is 16.7 Å². The SMILES string of the molecule is CC(NC(=O)c1coc(C(N)CO)n1)c1ccc2ccccc2c1. The first-order chi connectivity index (χ1) is 11.6. The minimum Gasteiger partial charge on any atom is -0.446 e. The van der Waals surface area contributed by atoms with E-state index in [0.29, 0.717) is 0 Å². The number of fused-ring (bicyclic) bond motifs is 1. The summed E-state index contributed by atoms with van der Waals surface area (Å²) >= 11 is 0. The standard InChI is InChI=1S/C18H19N3O3/c1-11(13-7-6-12-4-2-3-5-14(12)8-13)20-17(23)16-10-24-18(21-16)15(19)9-22/h2-8,10-11,15,22H,9,19H2,1H3,(H,20,23). The molecule has 124 valence electrons. The van der Waals surface area contributed by atoms with Crippen LogP contribution in [0.4, 0.5) is 0 Å². The number of hydrogen-bond donors (Lipinski definition) is 3. The van der Waals surface area contributed by atoms with Crippen LogP contribution in [-0.2, 0) is 0 Å². The van der Waals surface area contributed by atoms with Crippen molar-refractivity contribution in [3.63, 3.8) is 0 Å². The Kier molecular flexibility index (Phi) is 4.59. The molecule has 6 heteroatoms. The maximum atomic E-state index is 12.3. The molecule has 6 nitrogen and oxygen atoms in total. The summed E-state index contributed by atoms with van der Waals surface area (Å²) < 4.78 is 5.13. The Morgan fingerprint density at radius 2 is 2.04 bits per heavy atom. The Morgan fingerprint density at radius 3 is 2.79 bits per heavy atom. The number of aromatic nitrogens is 1. The first-order valence-electron chi connectivity index (χ1n) is 7.70. The van der Waals surface area contributed by atoms with Crippen molar-refractivity contribution in [3.05, 3.63) is 65.9 Å². The smallest absolute Gasteiger partial charge is 0.273 e. The molecule has 0 aliphatic rings. The van der Waals surface area contributed by atoms with Crippen LogP contribution < -0.4 is 11.1 Å². The molecule has 2 aromatic carbocycles. The number of hydrogen-bond acceptors (Lipinski definition) is 5. The number of nitrogens with zero attached hydrogens (tertiary/aromatic N) is 1. The number of aliphatic hydroxyl groups is 1. The minimum absolute atomic E-state index is 0.140. The van der Waals surface area contributed by atoms with Crippen molar-refractivity contribution < 1.29 is 14.3 Å². The molecular formula is C18H19N3O3. The van der Waals surface area contributed by atoms with Gasteiger partial charge in [0.2, 0.25) is 5.89 Å². The zero-order valence-corrected chi connectivity index (χ0v) is 13.3. The van der Waals surface area contributed by atoms with Gasteiger partial charge in [0.05, 0.1) is 12.6 Å². The molecule has 0 saturated carbocycles. The van der Waals surface area contributed by atoms with Gasteiger partial charge in [-0.3, -0.25) is 4.79 Å². The van der Waals surface area contributed by atoms with E-state index in [4.69, 9.17) is 15.3 Å². The fourth-order valence-corrected chi connectivity index (χ4v) is 2.47. The summed E-state index contributed by atoms with van der Waals surface area (Å²) in [5.41, 5.74) is 6.75. The number of carbonyl (C=O) groups is 1. The first kappa shape index (κ1) is 16.2. The number of nitrogens with one attached hydrogen (secondary N) is 1. The van der Waals surface area contributed by atoms with Gasteiger partial charge in [-0.05, 0) is 29.3 Å². The van der Waals surface area contributed by atoms with Crippen LogP contribution in [0.15, 0.2) is 53.1 Å². The molecule has 2 unspecified atom stereocenters. The molecule has 3 rings (SSSR count). The topological polar surface area (TPSA) is 101 Å². The molecule has 2 atom stereocenters. The van der Waals surface area contributed by atoms with Crippen LogP contribution in [0.2, 0.25) is 0 Å². The predicted molar refractivity (Wildman–Crippen MR) is 90.3 cm³/mol. The molecule has 1 amide bonds. The van der Waals surface area contributed by atoms with E-state index in [-0.39, 0.29) is 30.1 Å². The molecule has 0 bridgehead atoms. The summed E-state index contributed by atoms with van der Waals surface area (Å²) in [5, 5.41) is 14.1. The van der Waals surface area contributed by atoms with E-state index in [1.165, 1.54) is 6.26 Å². The van der Waals surface area contributed by atoms with Gasteiger partial charge in [-0.25, -0.2) is 4.98 Å². The zero-order valence-electron chi connectivity index (χ0n) is 13.3. The maximum Gasteiger partial charge on any atom is 0.273 e. The van der Waals surface area contributed by atoms with E-state index in [0.717, 1.165) is 16.3 Å². The molecule has 0 spiro atoms. The summed E-state index contributed by atoms with van der Waals surface area (Å²) in [6.45, 7) is 1.61. The number of carbonyl (C=O) groups excluding carboxylic acids is 1. The summed E-state index contributed by atoms with van der Waals surface area (Å²) in [6, 6.07) is 13.2. The summed E-state index contributed by atoms with van der Waals surface area (Å²) in [7, 11) is 0. The highest BCUT2D eigenvalue weighted by atomic mass is 16.3. The normalized spacial score (nSPS) is 13.6. The molecular weight excluding hydrogens is 306 g/mol. The van der Waals surface area contributed by atoms with Gasteiger partial charge < -0.3 is 20.6 Å². The number of aliphatic hydroxyl groups excluding tert-OH is 1. The Labute approximate surface area is 139 Å². The van der Waals surface area contributed by atoms with E-state index in [1.54, 1.807) is 0 Å². The van der Waals surface area contributed by atoms with E-state index in [2.05, 4.69) is 16.4 Å². The van der Waals surface area contributed by atoms with E-state index >= 15 is 0 Å². The second-order valence-electron chi connectivity index (χ2n) is 5.66. The van der Waals surface area contributed by atoms with E-state index in [9.17, 15) is 4.79 Å². The van der Waals surface area contributed by atoms with Gasteiger partial charge in [0.1, 0.15) is 12.3 Å². The average molecular weight is 325 g/mol. The Bertz CT molecular complexity index is 859. The third-order valence-electron chi connectivity index (χ3n) is 3.89. The minimum atomic E-state index is -0.732. The van der Waals surface area contributed by atoms with Gasteiger partial charge in [-0.2, -0.15) is 0 Å². The van der Waals surface area contributed by atoms with Gasteiger partial charge in [0, 0.05) is 0 Å². The first-order valence-corrected chi connectivity index (χ1v) is 7.70. The van der Waals surface area contributed by atoms with Gasteiger partial charge in [-0.15, -0.1) is 0 Å². The monoisotopic (exact) mass is 325 g/mol. The lowest BCUT2D eigenvalue weighted by atomic mass is 10.0. The van der Waals surface area contributed by atoms with Gasteiger partial charge in [0.25, 0.3) is 5.91 Å². The van der Waals surface area contributed by atoms with Gasteiger partial charge in [0.15, 0.2) is 5.69 Å². The Hall–Kier alpha value is -2.70. The molecule has 0 aliphatic carbocycles. The average Bonchev–Trinajstić information content (AvgIpc) is 3.10. The van der Waals surface area contributed by atoms with Crippen molar-refractivity contribution in [2.75, 3.05) is 6.61 Å². The fraction of sp³-hybridized carbons (Fsp3) is 0.222. The van der Waals surface area contributed by atoms with Crippen LogP contribution in [0.1, 0.15) is 41.0 Å². The second-order valence-corrected chi connectivity index (χ2v) is 5.66. The second kappa shape index (κ2) is 6.82. The number of oxazole rings is 1. The third kappa shape index (κ3) is 3.29. The molecule has 0 saturated heterocycles. The summed E-state index contributed by atoms with van der Waals surface area (Å²) in [4.78, 5) is 16.3. The number of nitrogens with two attached hydrogens (primary N) is 1. The quantitative estimate of drug-likeness (QED) is 0.668. The van der Waals surface area contributed by atoms with Crippen LogP contribution >= 0.6 is 0 Å². The lowest BCUT2D eigenvalue weighted by Gasteiger charge is -2.14. The molecule has 4 N–H and O–H groups in total. The van der Waals surface area contributed by atoms with Crippen molar-refractivity contribution in [1.29, 1.82) is 0 Å². The van der Waals surface area contributed by atoms with Crippen molar-refractivity contribution in [3.8, 4) is 0 Å². The molecule has 0 fully saturated rings. The highest BCUT2D eigenvalue weighted by molar-refractivity contribution is 5.92. The summed E-state index contributed by atoms with van der Waals surface area (Å²) in [5.74, 6) is -0.211. The van der Waals surface area contributed by atoms with Crippen molar-refractivity contribution in [2.45, 2.75) is 19.0 Å². The van der Waals surface area contributed by atoms with Crippen LogP contribution in [0.3, 0.4) is 0 Å². The maximum absolute atomic E-state index is 12.3. The predicted octanol–water partition coefficient (Wildman–Crippen LogP) is 2.31. The molecule has 0 aliphatic heterocycles. The van der Waals surface area contributed by atoms with Crippen LogP contribution in [0.5, 0.6) is 0 Å². The lowest BCUT2D eigenvalue weighted by Crippen LogP contribution is -2.27. The summed E-state index contributed by atoms with van der Waals surface area (Å²) in [6.07, 6.45) is 1.24. The van der Waals surface area contributed by atoms with Crippen molar-refractivity contribution in [1.82, 2.24) is 10.3 Å². The Balaban J connectivity index is 1.74. The zero-order chi connectivity index (χ0) is 17.1. The fourth-order valence-electron chi connectivity index (χ4n) is 2.47. The molecule has 24 heavy (non-hydrogen) atoms. The highest BCUT2D eigenvalue weighted by Crippen LogP contribution is 2.20. The van der Waals surface area contributed by atoms with Gasteiger partial charge >= 0.3 is 0 Å². The Morgan fingerprint density at radius 1 is 1.29 bits per heavy atom. The van der Waals surface area contributed by atoms with Crippen LogP contribution in [0.25, 0.3) is 10.8 Å². The van der Waals surface area contributed by atoms with Crippen LogP contribution in [0, 0.1) is 0 Å². The lowest BCUT2D eigenvalue weighted by molar-refractivity contribution is 0.0934. The highest BCUT2D eigenvalue weighted by Gasteiger charge is 2.18. The number of amides is 1. The molecule has 1 aromatic heterocycles. The number of benzene rings is 2. The van der Waals surface area contributed by atoms with E-state index in [1.807, 2.05) is 43.3 Å². The molecule has 0 radical (unpaired) electrons. The number of rotatable bonds is 5. The van der Waals surface area contributed by atoms with Crippen molar-refractivity contribution in [2.24, 2.45) is 5.73 Å². The largest absolute Gasteiger partial charge is 0.446 e. The molecule has 3 aromatic rings. The van der Waals surface area contributed by atoms with Gasteiger partial charge in [-0.1, -0.05) is 36.4 Å². The van der Waals surface area contributed by atoms with Crippen LogP contribution in [-0.4, -0.2) is 22.6 Å². The van der Waals surface area contributed by atoms with E-state index < -0.39 is 6.04 Å². The third-order valence-corrected chi connectivity index (χ3v) is 3.89.